The molecule has 4 heteroatoms. The number of amides is 2. The number of carbonyl (C=O) groups is 3. The van der Waals surface area contributed by atoms with Gasteiger partial charge in [0.15, 0.2) is 0 Å². The van der Waals surface area contributed by atoms with Gasteiger partial charge in [-0.15, -0.1) is 0 Å². The normalized spacial score (nSPS) is 8.91. The van der Waals surface area contributed by atoms with E-state index in [0.717, 1.165) is 0 Å². The molecule has 0 saturated heterocycles. The minimum Gasteiger partial charge on any atom is -0.299 e. The molecule has 0 atom stereocenters. The molecule has 0 aromatic heterocycles. The maximum atomic E-state index is 10.7. The lowest BCUT2D eigenvalue weighted by Gasteiger charge is -1.97. The Hall–Kier alpha value is -1.19. The molecular weight excluding hydrogens is 146 g/mol. The highest BCUT2D eigenvalue weighted by Gasteiger charge is 2.07. The number of nitrogens with one attached hydrogen (secondary N) is 1. The monoisotopic (exact) mass is 157 g/mol. The molecule has 1 N–H and O–H groups in total. The van der Waals surface area contributed by atoms with Crippen molar-refractivity contribution in [1.82, 2.24) is 5.32 Å². The van der Waals surface area contributed by atoms with Crippen LogP contribution < -0.4 is 5.32 Å². The number of hydrogen-bond acceptors (Lipinski definition) is 3. The summed E-state index contributed by atoms with van der Waals surface area (Å²) in [6, 6.07) is 0. The van der Waals surface area contributed by atoms with Crippen LogP contribution in [0.15, 0.2) is 0 Å². The highest BCUT2D eigenvalue weighted by molar-refractivity contribution is 6.03. The Morgan fingerprint density at radius 3 is 2.18 bits per heavy atom. The van der Waals surface area contributed by atoms with E-state index < -0.39 is 11.8 Å². The molecular formula is C7H11NO3. The Morgan fingerprint density at radius 2 is 1.82 bits per heavy atom. The summed E-state index contributed by atoms with van der Waals surface area (Å²) in [4.78, 5) is 31.6. The van der Waals surface area contributed by atoms with Gasteiger partial charge < -0.3 is 0 Å². The average molecular weight is 157 g/mol. The van der Waals surface area contributed by atoms with Crippen molar-refractivity contribution in [1.29, 1.82) is 0 Å². The Kier molecular flexibility index (Phi) is 4.10. The van der Waals surface area contributed by atoms with Crippen LogP contribution in [0.2, 0.25) is 0 Å². The zero-order valence-corrected chi connectivity index (χ0v) is 6.64. The number of imide groups is 1. The summed E-state index contributed by atoms with van der Waals surface area (Å²) in [5.74, 6) is -1.12. The summed E-state index contributed by atoms with van der Waals surface area (Å²) < 4.78 is 0. The summed E-state index contributed by atoms with van der Waals surface area (Å²) in [6.07, 6.45) is 0.126. The van der Waals surface area contributed by atoms with Crippen LogP contribution in [0.1, 0.15) is 26.7 Å². The van der Waals surface area contributed by atoms with Gasteiger partial charge in [-0.25, -0.2) is 0 Å². The van der Waals surface area contributed by atoms with Crippen molar-refractivity contribution in [3.63, 3.8) is 0 Å². The lowest BCUT2D eigenvalue weighted by Crippen LogP contribution is -2.29. The second-order valence-electron chi connectivity index (χ2n) is 2.17. The van der Waals surface area contributed by atoms with Crippen molar-refractivity contribution in [2.45, 2.75) is 26.7 Å². The molecule has 0 aromatic rings. The summed E-state index contributed by atoms with van der Waals surface area (Å²) >= 11 is 0. The summed E-state index contributed by atoms with van der Waals surface area (Å²) in [7, 11) is 0. The summed E-state index contributed by atoms with van der Waals surface area (Å²) in [5, 5.41) is 2.01. The van der Waals surface area contributed by atoms with Crippen molar-refractivity contribution < 1.29 is 14.4 Å². The molecule has 0 heterocycles. The maximum Gasteiger partial charge on any atom is 0.233 e. The van der Waals surface area contributed by atoms with Crippen molar-refractivity contribution in [3.05, 3.63) is 0 Å². The molecule has 62 valence electrons. The zero-order chi connectivity index (χ0) is 8.85. The van der Waals surface area contributed by atoms with E-state index in [2.05, 4.69) is 0 Å². The fourth-order valence-corrected chi connectivity index (χ4v) is 0.545. The standard InChI is InChI=1S/C7H11NO3/c1-3-6(10)4-7(11)8-5(2)9/h3-4H2,1-2H3,(H,8,9,11). The smallest absolute Gasteiger partial charge is 0.233 e. The lowest BCUT2D eigenvalue weighted by atomic mass is 10.2. The number of ketones is 1. The molecule has 0 spiro atoms. The molecule has 0 unspecified atom stereocenters. The van der Waals surface area contributed by atoms with Crippen molar-refractivity contribution in [3.8, 4) is 0 Å². The van der Waals surface area contributed by atoms with Crippen LogP contribution >= 0.6 is 0 Å². The quantitative estimate of drug-likeness (QED) is 0.587. The third-order valence-electron chi connectivity index (χ3n) is 1.07. The Balaban J connectivity index is 3.70. The highest BCUT2D eigenvalue weighted by Crippen LogP contribution is 1.87. The molecule has 0 saturated carbocycles. The van der Waals surface area contributed by atoms with E-state index >= 15 is 0 Å². The van der Waals surface area contributed by atoms with Crippen molar-refractivity contribution in [2.24, 2.45) is 0 Å². The van der Waals surface area contributed by atoms with E-state index in [4.69, 9.17) is 0 Å². The second-order valence-corrected chi connectivity index (χ2v) is 2.17. The van der Waals surface area contributed by atoms with Crippen molar-refractivity contribution >= 4 is 17.6 Å². The molecule has 0 rings (SSSR count). The van der Waals surface area contributed by atoms with Gasteiger partial charge in [0, 0.05) is 13.3 Å². The molecule has 2 amide bonds. The largest absolute Gasteiger partial charge is 0.299 e. The first-order chi connectivity index (χ1) is 5.06. The first-order valence-electron chi connectivity index (χ1n) is 3.38. The van der Waals surface area contributed by atoms with Gasteiger partial charge in [-0.05, 0) is 0 Å². The lowest BCUT2D eigenvalue weighted by molar-refractivity contribution is -0.131. The van der Waals surface area contributed by atoms with E-state index in [0.29, 0.717) is 6.42 Å². The van der Waals surface area contributed by atoms with E-state index in [1.807, 2.05) is 5.32 Å². The SMILES string of the molecule is CCC(=O)CC(=O)NC(C)=O. The van der Waals surface area contributed by atoms with Crippen LogP contribution in [0.3, 0.4) is 0 Å². The molecule has 0 bridgehead atoms. The Bertz CT molecular complexity index is 186. The van der Waals surface area contributed by atoms with Crippen LogP contribution in [0.4, 0.5) is 0 Å². The van der Waals surface area contributed by atoms with Gasteiger partial charge in [0.2, 0.25) is 11.8 Å². The van der Waals surface area contributed by atoms with E-state index in [9.17, 15) is 14.4 Å². The van der Waals surface area contributed by atoms with Gasteiger partial charge in [-0.3, -0.25) is 19.7 Å². The molecule has 0 aliphatic rings. The first-order valence-corrected chi connectivity index (χ1v) is 3.38. The molecule has 11 heavy (non-hydrogen) atoms. The molecule has 0 radical (unpaired) electrons. The predicted octanol–water partition coefficient (Wildman–Crippen LogP) is 0.0183. The van der Waals surface area contributed by atoms with Crippen LogP contribution in [-0.4, -0.2) is 17.6 Å². The minimum atomic E-state index is -0.524. The van der Waals surface area contributed by atoms with E-state index in [1.165, 1.54) is 6.92 Å². The van der Waals surface area contributed by atoms with E-state index in [1.54, 1.807) is 6.92 Å². The van der Waals surface area contributed by atoms with Crippen LogP contribution in [0.25, 0.3) is 0 Å². The van der Waals surface area contributed by atoms with Crippen LogP contribution in [0, 0.1) is 0 Å². The molecule has 0 aliphatic heterocycles. The second kappa shape index (κ2) is 4.60. The van der Waals surface area contributed by atoms with Gasteiger partial charge in [0.25, 0.3) is 0 Å². The third-order valence-corrected chi connectivity index (χ3v) is 1.07. The summed E-state index contributed by atoms with van der Waals surface area (Å²) in [6.45, 7) is 2.90. The van der Waals surface area contributed by atoms with Crippen LogP contribution in [-0.2, 0) is 14.4 Å². The van der Waals surface area contributed by atoms with Gasteiger partial charge in [-0.1, -0.05) is 6.92 Å². The van der Waals surface area contributed by atoms with E-state index in [-0.39, 0.29) is 12.2 Å². The summed E-state index contributed by atoms with van der Waals surface area (Å²) in [5.41, 5.74) is 0. The number of carbonyl (C=O) groups excluding carboxylic acids is 3. The Labute approximate surface area is 65.0 Å². The average Bonchev–Trinajstić information content (AvgIpc) is 1.85. The fourth-order valence-electron chi connectivity index (χ4n) is 0.545. The number of hydrogen-bond donors (Lipinski definition) is 1. The fraction of sp³-hybridized carbons (Fsp3) is 0.571. The van der Waals surface area contributed by atoms with Gasteiger partial charge in [0.05, 0.1) is 6.42 Å². The van der Waals surface area contributed by atoms with Crippen molar-refractivity contribution in [2.75, 3.05) is 0 Å². The first kappa shape index (κ1) is 9.81. The topological polar surface area (TPSA) is 63.2 Å². The maximum absolute atomic E-state index is 10.7. The Morgan fingerprint density at radius 1 is 1.27 bits per heavy atom. The van der Waals surface area contributed by atoms with Gasteiger partial charge in [0.1, 0.15) is 5.78 Å². The molecule has 0 fully saturated rings. The number of Topliss-reactive ketones (excluding diaryl/α,β-unsaturated/α-hetero) is 1. The molecule has 0 aromatic carbocycles. The predicted molar refractivity (Wildman–Crippen MR) is 38.7 cm³/mol. The van der Waals surface area contributed by atoms with Gasteiger partial charge >= 0.3 is 0 Å². The van der Waals surface area contributed by atoms with Gasteiger partial charge in [-0.2, -0.15) is 0 Å². The molecule has 4 nitrogen and oxygen atoms in total. The number of rotatable bonds is 3. The zero-order valence-electron chi connectivity index (χ0n) is 6.64. The molecule has 0 aliphatic carbocycles. The van der Waals surface area contributed by atoms with Crippen LogP contribution in [0.5, 0.6) is 0 Å². The highest BCUT2D eigenvalue weighted by atomic mass is 16.2. The minimum absolute atomic E-state index is 0.163. The third kappa shape index (κ3) is 5.26.